The van der Waals surface area contributed by atoms with Gasteiger partial charge in [0.25, 0.3) is 0 Å². The second-order valence-corrected chi connectivity index (χ2v) is 5.29. The number of aromatic nitrogens is 3. The van der Waals surface area contributed by atoms with Gasteiger partial charge in [-0.05, 0) is 12.1 Å². The van der Waals surface area contributed by atoms with Crippen LogP contribution < -0.4 is 16.0 Å². The minimum absolute atomic E-state index is 0.0552. The largest absolute Gasteiger partial charge is 0.343 e. The maximum absolute atomic E-state index is 11.9. The lowest BCUT2D eigenvalue weighted by molar-refractivity contribution is 0.410. The van der Waals surface area contributed by atoms with Gasteiger partial charge in [0.05, 0.1) is 0 Å². The van der Waals surface area contributed by atoms with Gasteiger partial charge < -0.3 is 9.95 Å². The van der Waals surface area contributed by atoms with Crippen molar-refractivity contribution in [3.05, 3.63) is 30.5 Å². The minimum Gasteiger partial charge on any atom is -0.343 e. The molecule has 19 heavy (non-hydrogen) atoms. The van der Waals surface area contributed by atoms with Crippen molar-refractivity contribution in [2.24, 2.45) is 5.84 Å². The van der Waals surface area contributed by atoms with Crippen molar-refractivity contribution in [1.29, 1.82) is 0 Å². The van der Waals surface area contributed by atoms with Gasteiger partial charge >= 0.3 is 0 Å². The van der Waals surface area contributed by atoms with Crippen LogP contribution in [0.4, 0.5) is 5.82 Å². The third-order valence-electron chi connectivity index (χ3n) is 2.24. The van der Waals surface area contributed by atoms with Crippen LogP contribution in [0, 0.1) is 0 Å². The molecule has 0 spiro atoms. The average Bonchev–Trinajstić information content (AvgIpc) is 2.92. The Balaban J connectivity index is 1.97. The van der Waals surface area contributed by atoms with E-state index in [-0.39, 0.29) is 11.4 Å². The zero-order valence-electron chi connectivity index (χ0n) is 9.78. The van der Waals surface area contributed by atoms with Crippen LogP contribution in [0.5, 0.6) is 0 Å². The number of nitrogen functional groups attached to an aromatic ring is 1. The summed E-state index contributed by atoms with van der Waals surface area (Å²) in [6, 6.07) is 2.87. The molecule has 0 unspecified atom stereocenters. The van der Waals surface area contributed by atoms with Crippen LogP contribution in [0.3, 0.4) is 0 Å². The highest BCUT2D eigenvalue weighted by atomic mass is 32.2. The Bertz CT molecular complexity index is 610. The molecule has 0 fully saturated rings. The number of hydrogen-bond donors (Lipinski definition) is 3. The Hall–Kier alpha value is -2.04. The molecule has 0 amide bonds. The highest BCUT2D eigenvalue weighted by molar-refractivity contribution is 7.89. The van der Waals surface area contributed by atoms with Crippen LogP contribution in [0.2, 0.25) is 0 Å². The van der Waals surface area contributed by atoms with Gasteiger partial charge in [0, 0.05) is 19.2 Å². The fourth-order valence-electron chi connectivity index (χ4n) is 1.31. The van der Waals surface area contributed by atoms with Crippen LogP contribution in [0.1, 0.15) is 5.82 Å². The molecule has 102 valence electrons. The smallest absolute Gasteiger partial charge is 0.242 e. The lowest BCUT2D eigenvalue weighted by atomic mass is 10.4. The molecule has 0 aliphatic heterocycles. The van der Waals surface area contributed by atoms with Gasteiger partial charge in [-0.3, -0.25) is 0 Å². The monoisotopic (exact) mass is 284 g/mol. The van der Waals surface area contributed by atoms with Crippen LogP contribution in [0.25, 0.3) is 0 Å². The molecule has 0 aliphatic carbocycles. The Morgan fingerprint density at radius 3 is 2.74 bits per heavy atom. The molecule has 0 radical (unpaired) electrons. The van der Waals surface area contributed by atoms with Gasteiger partial charge in [-0.2, -0.15) is 4.98 Å². The molecule has 2 heterocycles. The molecule has 2 aromatic rings. The first-order valence-corrected chi connectivity index (χ1v) is 6.78. The number of hydrogen-bond acceptors (Lipinski definition) is 8. The van der Waals surface area contributed by atoms with E-state index in [4.69, 9.17) is 5.84 Å². The first kappa shape index (κ1) is 13.4. The molecule has 0 aromatic carbocycles. The minimum atomic E-state index is -3.61. The fraction of sp³-hybridized carbons (Fsp3) is 0.222. The summed E-state index contributed by atoms with van der Waals surface area (Å²) in [7, 11) is -3.61. The summed E-state index contributed by atoms with van der Waals surface area (Å²) in [5, 5.41) is 3.58. The SMILES string of the molecule is NNc1ccc(S(=O)(=O)NCCc2ncon2)cn1. The number of nitrogens with zero attached hydrogens (tertiary/aromatic N) is 3. The predicted octanol–water partition coefficient (Wildman–Crippen LogP) is -0.729. The van der Waals surface area contributed by atoms with Gasteiger partial charge in [0.2, 0.25) is 16.4 Å². The first-order valence-electron chi connectivity index (χ1n) is 5.29. The summed E-state index contributed by atoms with van der Waals surface area (Å²) in [5.41, 5.74) is 2.31. The van der Waals surface area contributed by atoms with Crippen molar-refractivity contribution in [3.8, 4) is 0 Å². The maximum Gasteiger partial charge on any atom is 0.242 e. The third kappa shape index (κ3) is 3.47. The van der Waals surface area contributed by atoms with Crippen molar-refractivity contribution in [2.75, 3.05) is 12.0 Å². The maximum atomic E-state index is 11.9. The van der Waals surface area contributed by atoms with Crippen molar-refractivity contribution in [2.45, 2.75) is 11.3 Å². The fourth-order valence-corrected chi connectivity index (χ4v) is 2.28. The number of hydrazine groups is 1. The quantitative estimate of drug-likeness (QED) is 0.466. The highest BCUT2D eigenvalue weighted by Crippen LogP contribution is 2.09. The molecule has 0 saturated heterocycles. The lowest BCUT2D eigenvalue weighted by Crippen LogP contribution is -2.26. The number of pyridine rings is 1. The Morgan fingerprint density at radius 1 is 1.32 bits per heavy atom. The predicted molar refractivity (Wildman–Crippen MR) is 65.2 cm³/mol. The van der Waals surface area contributed by atoms with E-state index in [0.29, 0.717) is 18.1 Å². The van der Waals surface area contributed by atoms with Gasteiger partial charge in [-0.25, -0.2) is 24.0 Å². The van der Waals surface area contributed by atoms with Crippen LogP contribution >= 0.6 is 0 Å². The number of nitrogens with two attached hydrogens (primary N) is 1. The first-order chi connectivity index (χ1) is 9.12. The molecule has 0 bridgehead atoms. The molecule has 0 saturated carbocycles. The van der Waals surface area contributed by atoms with Crippen molar-refractivity contribution >= 4 is 15.8 Å². The lowest BCUT2D eigenvalue weighted by Gasteiger charge is -2.05. The van der Waals surface area contributed by atoms with Gasteiger partial charge in [0.15, 0.2) is 5.82 Å². The summed E-state index contributed by atoms with van der Waals surface area (Å²) in [4.78, 5) is 7.67. The summed E-state index contributed by atoms with van der Waals surface area (Å²) < 4.78 is 30.7. The number of anilines is 1. The van der Waals surface area contributed by atoms with Crippen LogP contribution in [-0.4, -0.2) is 30.1 Å². The van der Waals surface area contributed by atoms with Crippen molar-refractivity contribution < 1.29 is 12.9 Å². The second-order valence-electron chi connectivity index (χ2n) is 3.52. The number of sulfonamides is 1. The third-order valence-corrected chi connectivity index (χ3v) is 3.69. The van der Waals surface area contributed by atoms with Crippen LogP contribution in [-0.2, 0) is 16.4 Å². The highest BCUT2D eigenvalue weighted by Gasteiger charge is 2.14. The van der Waals surface area contributed by atoms with E-state index < -0.39 is 10.0 Å². The molecule has 9 nitrogen and oxygen atoms in total. The molecular weight excluding hydrogens is 272 g/mol. The van der Waals surface area contributed by atoms with E-state index in [1.165, 1.54) is 24.7 Å². The van der Waals surface area contributed by atoms with E-state index in [1.54, 1.807) is 0 Å². The van der Waals surface area contributed by atoms with E-state index >= 15 is 0 Å². The van der Waals surface area contributed by atoms with Crippen molar-refractivity contribution in [3.63, 3.8) is 0 Å². The molecular formula is C9H12N6O3S. The Labute approximate surface area is 109 Å². The van der Waals surface area contributed by atoms with E-state index in [2.05, 4.69) is 29.8 Å². The molecule has 2 aromatic heterocycles. The van der Waals surface area contributed by atoms with Crippen LogP contribution in [0.15, 0.2) is 34.1 Å². The van der Waals surface area contributed by atoms with E-state index in [0.717, 1.165) is 0 Å². The molecule has 4 N–H and O–H groups in total. The summed E-state index contributed by atoms with van der Waals surface area (Å²) in [5.74, 6) is 5.96. The Morgan fingerprint density at radius 2 is 2.16 bits per heavy atom. The zero-order chi connectivity index (χ0) is 13.7. The van der Waals surface area contributed by atoms with E-state index in [9.17, 15) is 8.42 Å². The van der Waals surface area contributed by atoms with E-state index in [1.807, 2.05) is 0 Å². The van der Waals surface area contributed by atoms with Gasteiger partial charge in [0.1, 0.15) is 10.7 Å². The molecule has 10 heteroatoms. The topological polar surface area (TPSA) is 136 Å². The molecule has 0 aliphatic rings. The zero-order valence-corrected chi connectivity index (χ0v) is 10.6. The summed E-state index contributed by atoms with van der Waals surface area (Å²) in [6.07, 6.45) is 2.74. The molecule has 0 atom stereocenters. The van der Waals surface area contributed by atoms with Gasteiger partial charge in [-0.1, -0.05) is 5.16 Å². The number of rotatable bonds is 6. The second kappa shape index (κ2) is 5.73. The Kier molecular flexibility index (Phi) is 4.04. The normalized spacial score (nSPS) is 11.4. The summed E-state index contributed by atoms with van der Waals surface area (Å²) >= 11 is 0. The van der Waals surface area contributed by atoms with Gasteiger partial charge in [-0.15, -0.1) is 0 Å². The average molecular weight is 284 g/mol. The standard InChI is InChI=1S/C9H12N6O3S/c10-14-8-2-1-7(5-11-8)19(16,17)13-4-3-9-12-6-18-15-9/h1-2,5-6,13H,3-4,10H2,(H,11,14). The number of nitrogens with one attached hydrogen (secondary N) is 2. The molecule has 2 rings (SSSR count). The summed E-state index contributed by atoms with van der Waals surface area (Å²) in [6.45, 7) is 0.165. The van der Waals surface area contributed by atoms with Crippen molar-refractivity contribution in [1.82, 2.24) is 19.8 Å².